The summed E-state index contributed by atoms with van der Waals surface area (Å²) in [6.45, 7) is 2.70. The van der Waals surface area contributed by atoms with Crippen LogP contribution in [0.4, 0.5) is 23.1 Å². The van der Waals surface area contributed by atoms with Gasteiger partial charge in [-0.05, 0) is 58.6 Å². The highest BCUT2D eigenvalue weighted by Gasteiger charge is 2.14. The summed E-state index contributed by atoms with van der Waals surface area (Å²) in [7, 11) is 0. The Labute approximate surface area is 213 Å². The van der Waals surface area contributed by atoms with Gasteiger partial charge in [0.05, 0.1) is 10.5 Å². The van der Waals surface area contributed by atoms with E-state index >= 15 is 0 Å². The van der Waals surface area contributed by atoms with Crippen LogP contribution < -0.4 is 21.7 Å². The maximum absolute atomic E-state index is 12.6. The van der Waals surface area contributed by atoms with Crippen LogP contribution in [-0.2, 0) is 17.8 Å². The molecule has 0 aliphatic rings. The van der Waals surface area contributed by atoms with Crippen LogP contribution in [0.1, 0.15) is 16.7 Å². The number of benzene rings is 3. The second kappa shape index (κ2) is 11.6. The number of nitrogens with two attached hydrogens (primary N) is 1. The average molecular weight is 531 g/mol. The van der Waals surface area contributed by atoms with Crippen LogP contribution in [0.2, 0.25) is 0 Å². The Hall–Kier alpha value is -3.75. The number of nitrogens with zero attached hydrogens (tertiary/aromatic N) is 2. The average Bonchev–Trinajstić information content (AvgIpc) is 2.86. The van der Waals surface area contributed by atoms with E-state index in [1.165, 1.54) is 5.56 Å². The van der Waals surface area contributed by atoms with Crippen LogP contribution in [0.3, 0.4) is 0 Å². The first-order valence-electron chi connectivity index (χ1n) is 11.3. The van der Waals surface area contributed by atoms with E-state index in [1.54, 1.807) is 6.20 Å². The van der Waals surface area contributed by atoms with Gasteiger partial charge in [0, 0.05) is 24.1 Å². The van der Waals surface area contributed by atoms with Gasteiger partial charge in [0.1, 0.15) is 5.82 Å². The lowest BCUT2D eigenvalue weighted by Gasteiger charge is -2.14. The smallest absolute Gasteiger partial charge is 0.241 e. The van der Waals surface area contributed by atoms with Gasteiger partial charge in [-0.3, -0.25) is 4.79 Å². The molecule has 0 spiro atoms. The number of aryl methyl sites for hydroxylation is 1. The van der Waals surface area contributed by atoms with E-state index in [9.17, 15) is 4.79 Å². The maximum atomic E-state index is 12.6. The molecule has 1 heterocycles. The third-order valence-electron chi connectivity index (χ3n) is 5.35. The number of carbonyl (C=O) groups is 1. The monoisotopic (exact) mass is 530 g/mol. The van der Waals surface area contributed by atoms with Crippen molar-refractivity contribution in [2.45, 2.75) is 25.9 Å². The fourth-order valence-electron chi connectivity index (χ4n) is 3.44. The molecule has 8 heteroatoms. The van der Waals surface area contributed by atoms with E-state index in [2.05, 4.69) is 73.0 Å². The minimum Gasteiger partial charge on any atom is -0.365 e. The molecule has 1 amide bonds. The van der Waals surface area contributed by atoms with Crippen LogP contribution >= 0.6 is 15.9 Å². The molecule has 35 heavy (non-hydrogen) atoms. The topological polar surface area (TPSA) is 105 Å². The van der Waals surface area contributed by atoms with E-state index in [1.807, 2.05) is 54.6 Å². The van der Waals surface area contributed by atoms with Gasteiger partial charge >= 0.3 is 0 Å². The van der Waals surface area contributed by atoms with Gasteiger partial charge in [-0.15, -0.1) is 0 Å². The van der Waals surface area contributed by atoms with Crippen LogP contribution in [-0.4, -0.2) is 21.9 Å². The van der Waals surface area contributed by atoms with Crippen molar-refractivity contribution in [1.82, 2.24) is 9.97 Å². The summed E-state index contributed by atoms with van der Waals surface area (Å²) in [6.07, 6.45) is 2.16. The van der Waals surface area contributed by atoms with Gasteiger partial charge in [-0.2, -0.15) is 4.98 Å². The fraction of sp³-hybridized carbons (Fsp3) is 0.148. The number of hydrogen-bond donors (Lipinski definition) is 4. The molecule has 3 aromatic carbocycles. The second-order valence-electron chi connectivity index (χ2n) is 8.22. The molecule has 0 saturated carbocycles. The van der Waals surface area contributed by atoms with E-state index in [0.29, 0.717) is 30.4 Å². The first-order chi connectivity index (χ1) is 17.0. The largest absolute Gasteiger partial charge is 0.365 e. The van der Waals surface area contributed by atoms with Crippen molar-refractivity contribution < 1.29 is 4.79 Å². The van der Waals surface area contributed by atoms with Crippen molar-refractivity contribution >= 4 is 45.0 Å². The van der Waals surface area contributed by atoms with Crippen LogP contribution in [0.25, 0.3) is 0 Å². The second-order valence-corrected chi connectivity index (χ2v) is 9.07. The zero-order chi connectivity index (χ0) is 24.6. The molecule has 0 fully saturated rings. The van der Waals surface area contributed by atoms with Crippen molar-refractivity contribution in [3.05, 3.63) is 106 Å². The quantitative estimate of drug-likeness (QED) is 0.230. The Kier molecular flexibility index (Phi) is 8.07. The minimum absolute atomic E-state index is 0.242. The molecule has 1 aromatic heterocycles. The molecule has 7 nitrogen and oxygen atoms in total. The van der Waals surface area contributed by atoms with Gasteiger partial charge in [0.25, 0.3) is 0 Å². The van der Waals surface area contributed by atoms with E-state index in [0.717, 1.165) is 21.3 Å². The highest BCUT2D eigenvalue weighted by Crippen LogP contribution is 2.24. The summed E-state index contributed by atoms with van der Waals surface area (Å²) < 4.78 is 0.767. The van der Waals surface area contributed by atoms with Gasteiger partial charge in [-0.25, -0.2) is 4.98 Å². The lowest BCUT2D eigenvalue weighted by molar-refractivity contribution is -0.117. The normalized spacial score (nSPS) is 11.5. The summed E-state index contributed by atoms with van der Waals surface area (Å²) >= 11 is 3.50. The van der Waals surface area contributed by atoms with Crippen LogP contribution in [0.5, 0.6) is 0 Å². The SMILES string of the molecule is Cc1ccc(CNc2nc(Nc3cccc(NC(=O)C(N)Cc4ccccc4)c3)ncc2Br)cc1. The summed E-state index contributed by atoms with van der Waals surface area (Å²) in [5.74, 6) is 0.872. The lowest BCUT2D eigenvalue weighted by atomic mass is 10.1. The number of anilines is 4. The first-order valence-corrected chi connectivity index (χ1v) is 12.0. The van der Waals surface area contributed by atoms with Crippen LogP contribution in [0, 0.1) is 6.92 Å². The number of carbonyl (C=O) groups excluding carboxylic acids is 1. The van der Waals surface area contributed by atoms with Crippen molar-refractivity contribution in [2.75, 3.05) is 16.0 Å². The third-order valence-corrected chi connectivity index (χ3v) is 5.93. The molecule has 0 radical (unpaired) electrons. The van der Waals surface area contributed by atoms with Crippen molar-refractivity contribution in [3.8, 4) is 0 Å². The molecule has 1 unspecified atom stereocenters. The number of rotatable bonds is 9. The van der Waals surface area contributed by atoms with Crippen LogP contribution in [0.15, 0.2) is 89.5 Å². The Balaban J connectivity index is 1.38. The van der Waals surface area contributed by atoms with Gasteiger partial charge in [0.2, 0.25) is 11.9 Å². The Morgan fingerprint density at radius 2 is 1.71 bits per heavy atom. The summed E-state index contributed by atoms with van der Waals surface area (Å²) in [5.41, 5.74) is 10.9. The number of aromatic nitrogens is 2. The molecule has 178 valence electrons. The Morgan fingerprint density at radius 3 is 2.49 bits per heavy atom. The minimum atomic E-state index is -0.647. The molecule has 4 aromatic rings. The summed E-state index contributed by atoms with van der Waals surface area (Å²) in [4.78, 5) is 21.5. The predicted molar refractivity (Wildman–Crippen MR) is 145 cm³/mol. The molecular formula is C27H27BrN6O. The summed E-state index contributed by atoms with van der Waals surface area (Å²) in [6, 6.07) is 24.8. The first kappa shape index (κ1) is 24.4. The number of hydrogen-bond acceptors (Lipinski definition) is 6. The summed E-state index contributed by atoms with van der Waals surface area (Å²) in [5, 5.41) is 9.42. The van der Waals surface area contributed by atoms with Gasteiger partial charge in [0.15, 0.2) is 0 Å². The third kappa shape index (κ3) is 7.11. The number of nitrogens with one attached hydrogen (secondary N) is 3. The number of amides is 1. The molecule has 0 aliphatic heterocycles. The van der Waals surface area contributed by atoms with Crippen molar-refractivity contribution in [2.24, 2.45) is 5.73 Å². The van der Waals surface area contributed by atoms with E-state index in [4.69, 9.17) is 5.73 Å². The predicted octanol–water partition coefficient (Wildman–Crippen LogP) is 5.41. The maximum Gasteiger partial charge on any atom is 0.241 e. The molecule has 1 atom stereocenters. The van der Waals surface area contributed by atoms with E-state index in [-0.39, 0.29) is 5.91 Å². The molecule has 0 bridgehead atoms. The molecule has 5 N–H and O–H groups in total. The molecule has 4 rings (SSSR count). The van der Waals surface area contributed by atoms with Gasteiger partial charge in [-0.1, -0.05) is 66.2 Å². The van der Waals surface area contributed by atoms with E-state index < -0.39 is 6.04 Å². The highest BCUT2D eigenvalue weighted by atomic mass is 79.9. The Morgan fingerprint density at radius 1 is 0.971 bits per heavy atom. The lowest BCUT2D eigenvalue weighted by Crippen LogP contribution is -2.37. The fourth-order valence-corrected chi connectivity index (χ4v) is 3.77. The van der Waals surface area contributed by atoms with Crippen molar-refractivity contribution in [3.63, 3.8) is 0 Å². The zero-order valence-corrected chi connectivity index (χ0v) is 20.9. The standard InChI is InChI=1S/C27H27BrN6O/c1-18-10-12-20(13-11-18)16-30-25-23(28)17-31-27(34-25)33-22-9-5-8-21(15-22)32-26(35)24(29)14-19-6-3-2-4-7-19/h2-13,15,17,24H,14,16,29H2,1H3,(H,32,35)(H2,30,31,33,34). The zero-order valence-electron chi connectivity index (χ0n) is 19.3. The van der Waals surface area contributed by atoms with Gasteiger partial charge < -0.3 is 21.7 Å². The molecule has 0 saturated heterocycles. The number of halogens is 1. The molecular weight excluding hydrogens is 504 g/mol. The van der Waals surface area contributed by atoms with Crippen molar-refractivity contribution in [1.29, 1.82) is 0 Å². The molecule has 0 aliphatic carbocycles. The highest BCUT2D eigenvalue weighted by molar-refractivity contribution is 9.10. The Bertz CT molecular complexity index is 1280.